The van der Waals surface area contributed by atoms with Crippen molar-refractivity contribution >= 4 is 50.8 Å². The van der Waals surface area contributed by atoms with Gasteiger partial charge >= 0.3 is 0 Å². The van der Waals surface area contributed by atoms with Gasteiger partial charge in [0.1, 0.15) is 0 Å². The number of fused-ring (bicyclic) bond motifs is 1. The normalized spacial score (nSPS) is 10.4. The molecule has 1 aromatic heterocycles. The monoisotopic (exact) mass is 390 g/mol. The number of halogens is 2. The Morgan fingerprint density at radius 3 is 2.55 bits per heavy atom. The summed E-state index contributed by atoms with van der Waals surface area (Å²) in [5.74, 6) is 0. The minimum atomic E-state index is 0.634. The molecule has 0 aliphatic rings. The van der Waals surface area contributed by atoms with Gasteiger partial charge in [-0.3, -0.25) is 4.98 Å². The molecule has 96 valence electrons. The van der Waals surface area contributed by atoms with Gasteiger partial charge in [-0.05, 0) is 28.2 Å². The molecule has 2 aromatic carbocycles. The Hall–Kier alpha value is -1.64. The summed E-state index contributed by atoms with van der Waals surface area (Å²) in [5, 5.41) is 1.68. The highest BCUT2D eigenvalue weighted by atomic mass is 127. The highest BCUT2D eigenvalue weighted by Gasteiger charge is 2.09. The van der Waals surface area contributed by atoms with Crippen molar-refractivity contribution in [3.8, 4) is 11.1 Å². The molecular weight excluding hydrogens is 383 g/mol. The summed E-state index contributed by atoms with van der Waals surface area (Å²) >= 11 is 8.53. The van der Waals surface area contributed by atoms with Gasteiger partial charge in [-0.25, -0.2) is 4.85 Å². The third kappa shape index (κ3) is 2.26. The van der Waals surface area contributed by atoms with Crippen molar-refractivity contribution < 1.29 is 0 Å². The highest BCUT2D eigenvalue weighted by molar-refractivity contribution is 14.1. The summed E-state index contributed by atoms with van der Waals surface area (Å²) in [6.45, 7) is 7.00. The van der Waals surface area contributed by atoms with Gasteiger partial charge in [0.15, 0.2) is 5.69 Å². The first-order valence-corrected chi connectivity index (χ1v) is 7.37. The summed E-state index contributed by atoms with van der Waals surface area (Å²) in [6, 6.07) is 13.5. The predicted molar refractivity (Wildman–Crippen MR) is 91.2 cm³/mol. The molecule has 20 heavy (non-hydrogen) atoms. The van der Waals surface area contributed by atoms with Crippen LogP contribution >= 0.6 is 34.2 Å². The SMILES string of the molecule is [C-]#[N+]c1ccc(-c2cccc3c(Cl)c(I)cnc23)cc1. The first kappa shape index (κ1) is 13.3. The van der Waals surface area contributed by atoms with Gasteiger partial charge in [0.05, 0.1) is 20.7 Å². The third-order valence-electron chi connectivity index (χ3n) is 3.10. The molecule has 0 spiro atoms. The van der Waals surface area contributed by atoms with Gasteiger partial charge in [0.25, 0.3) is 0 Å². The maximum absolute atomic E-state index is 7.00. The lowest BCUT2D eigenvalue weighted by Crippen LogP contribution is -1.87. The van der Waals surface area contributed by atoms with E-state index >= 15 is 0 Å². The minimum Gasteiger partial charge on any atom is -0.254 e. The first-order chi connectivity index (χ1) is 9.70. The summed E-state index contributed by atoms with van der Waals surface area (Å²) in [7, 11) is 0. The van der Waals surface area contributed by atoms with Crippen molar-refractivity contribution in [1.82, 2.24) is 4.98 Å². The number of aromatic nitrogens is 1. The Bertz CT molecular complexity index is 835. The molecule has 2 nitrogen and oxygen atoms in total. The average Bonchev–Trinajstić information content (AvgIpc) is 2.51. The highest BCUT2D eigenvalue weighted by Crippen LogP contribution is 2.33. The van der Waals surface area contributed by atoms with Crippen LogP contribution in [-0.4, -0.2) is 4.98 Å². The summed E-state index contributed by atoms with van der Waals surface area (Å²) in [5.41, 5.74) is 3.58. The van der Waals surface area contributed by atoms with Crippen molar-refractivity contribution in [1.29, 1.82) is 0 Å². The molecule has 3 rings (SSSR count). The van der Waals surface area contributed by atoms with Crippen LogP contribution in [0.15, 0.2) is 48.7 Å². The lowest BCUT2D eigenvalue weighted by molar-refractivity contribution is 1.39. The average molecular weight is 391 g/mol. The van der Waals surface area contributed by atoms with Gasteiger partial charge in [-0.1, -0.05) is 54.1 Å². The molecule has 0 radical (unpaired) electrons. The molecule has 0 saturated heterocycles. The second-order valence-corrected chi connectivity index (χ2v) is 5.82. The second-order valence-electron chi connectivity index (χ2n) is 4.28. The maximum atomic E-state index is 7.00. The van der Waals surface area contributed by atoms with E-state index in [-0.39, 0.29) is 0 Å². The summed E-state index contributed by atoms with van der Waals surface area (Å²) in [6.07, 6.45) is 1.78. The number of nitrogens with zero attached hydrogens (tertiary/aromatic N) is 2. The maximum Gasteiger partial charge on any atom is 0.187 e. The van der Waals surface area contributed by atoms with E-state index in [0.29, 0.717) is 5.69 Å². The van der Waals surface area contributed by atoms with E-state index in [4.69, 9.17) is 18.2 Å². The Morgan fingerprint density at radius 1 is 1.10 bits per heavy atom. The zero-order valence-corrected chi connectivity index (χ0v) is 13.2. The molecule has 0 aliphatic carbocycles. The summed E-state index contributed by atoms with van der Waals surface area (Å²) < 4.78 is 0.942. The minimum absolute atomic E-state index is 0.634. The van der Waals surface area contributed by atoms with Gasteiger partial charge < -0.3 is 0 Å². The fourth-order valence-corrected chi connectivity index (χ4v) is 2.75. The Morgan fingerprint density at radius 2 is 1.85 bits per heavy atom. The fourth-order valence-electron chi connectivity index (χ4n) is 2.11. The molecule has 0 amide bonds. The Kier molecular flexibility index (Phi) is 3.60. The van der Waals surface area contributed by atoms with E-state index in [2.05, 4.69) is 32.4 Å². The van der Waals surface area contributed by atoms with Gasteiger partial charge in [-0.15, -0.1) is 0 Å². The lowest BCUT2D eigenvalue weighted by atomic mass is 10.0. The van der Waals surface area contributed by atoms with E-state index in [1.807, 2.05) is 42.5 Å². The van der Waals surface area contributed by atoms with Crippen LogP contribution < -0.4 is 0 Å². The van der Waals surface area contributed by atoms with E-state index in [9.17, 15) is 0 Å². The number of para-hydroxylation sites is 1. The number of rotatable bonds is 1. The quantitative estimate of drug-likeness (QED) is 0.384. The molecular formula is C16H8ClIN2. The van der Waals surface area contributed by atoms with Crippen molar-refractivity contribution in [2.24, 2.45) is 0 Å². The van der Waals surface area contributed by atoms with Crippen molar-refractivity contribution in [3.05, 3.63) is 68.7 Å². The van der Waals surface area contributed by atoms with Crippen molar-refractivity contribution in [2.75, 3.05) is 0 Å². The third-order valence-corrected chi connectivity index (χ3v) is 4.64. The fraction of sp³-hybridized carbons (Fsp3) is 0. The van der Waals surface area contributed by atoms with Crippen LogP contribution in [0, 0.1) is 10.1 Å². The number of hydrogen-bond donors (Lipinski definition) is 0. The van der Waals surface area contributed by atoms with E-state index in [0.717, 1.165) is 30.6 Å². The first-order valence-electron chi connectivity index (χ1n) is 5.91. The van der Waals surface area contributed by atoms with Gasteiger partial charge in [-0.2, -0.15) is 0 Å². The second kappa shape index (κ2) is 5.39. The molecule has 0 unspecified atom stereocenters. The molecule has 0 saturated carbocycles. The zero-order chi connectivity index (χ0) is 14.1. The molecule has 0 fully saturated rings. The van der Waals surface area contributed by atoms with Gasteiger partial charge in [0.2, 0.25) is 0 Å². The van der Waals surface area contributed by atoms with Crippen LogP contribution in [0.2, 0.25) is 5.02 Å². The molecule has 1 heterocycles. The largest absolute Gasteiger partial charge is 0.254 e. The van der Waals surface area contributed by atoms with E-state index < -0.39 is 0 Å². The smallest absolute Gasteiger partial charge is 0.187 e. The van der Waals surface area contributed by atoms with Crippen LogP contribution in [0.4, 0.5) is 5.69 Å². The van der Waals surface area contributed by atoms with Crippen LogP contribution in [0.25, 0.3) is 26.9 Å². The number of benzene rings is 2. The van der Waals surface area contributed by atoms with E-state index in [1.165, 1.54) is 0 Å². The predicted octanol–water partition coefficient (Wildman–Crippen LogP) is 5.71. The van der Waals surface area contributed by atoms with Crippen molar-refractivity contribution in [2.45, 2.75) is 0 Å². The molecule has 0 N–H and O–H groups in total. The van der Waals surface area contributed by atoms with Gasteiger partial charge in [0, 0.05) is 17.1 Å². The molecule has 0 bridgehead atoms. The standard InChI is InChI=1S/C16H8ClIN2/c1-19-11-7-5-10(6-8-11)12-3-2-4-13-15(17)14(18)9-20-16(12)13/h2-9H. The number of hydrogen-bond acceptors (Lipinski definition) is 1. The Balaban J connectivity index is 2.26. The molecule has 0 atom stereocenters. The molecule has 4 heteroatoms. The topological polar surface area (TPSA) is 17.2 Å². The van der Waals surface area contributed by atoms with Crippen molar-refractivity contribution in [3.63, 3.8) is 0 Å². The van der Waals surface area contributed by atoms with Crippen LogP contribution in [0.5, 0.6) is 0 Å². The molecule has 3 aromatic rings. The van der Waals surface area contributed by atoms with Crippen LogP contribution in [-0.2, 0) is 0 Å². The lowest BCUT2D eigenvalue weighted by Gasteiger charge is -2.08. The Labute approximate surface area is 135 Å². The summed E-state index contributed by atoms with van der Waals surface area (Å²) in [4.78, 5) is 7.91. The van der Waals surface area contributed by atoms with Crippen LogP contribution in [0.3, 0.4) is 0 Å². The molecule has 0 aliphatic heterocycles. The van der Waals surface area contributed by atoms with Crippen LogP contribution in [0.1, 0.15) is 0 Å². The van der Waals surface area contributed by atoms with E-state index in [1.54, 1.807) is 6.20 Å². The zero-order valence-electron chi connectivity index (χ0n) is 10.3. The number of pyridine rings is 1.